The first-order valence-corrected chi connectivity index (χ1v) is 4.64. The summed E-state index contributed by atoms with van der Waals surface area (Å²) in [6.07, 6.45) is -0.869. The van der Waals surface area contributed by atoms with E-state index in [1.54, 1.807) is 0 Å². The van der Waals surface area contributed by atoms with Gasteiger partial charge in [0, 0.05) is 25.2 Å². The maximum atomic E-state index is 10.2. The maximum Gasteiger partial charge on any atom is 0.305 e. The average molecular weight is 236 g/mol. The molecular formula is C8H20N4O4. The maximum absolute atomic E-state index is 10.2. The Labute approximate surface area is 93.6 Å². The van der Waals surface area contributed by atoms with E-state index in [2.05, 4.69) is 0 Å². The number of nitrogens with two attached hydrogens (primary N) is 4. The van der Waals surface area contributed by atoms with Gasteiger partial charge in [0.2, 0.25) is 0 Å². The molecule has 0 saturated heterocycles. The van der Waals surface area contributed by atoms with Crippen LogP contribution in [-0.2, 0) is 9.59 Å². The van der Waals surface area contributed by atoms with E-state index in [1.165, 1.54) is 0 Å². The first-order chi connectivity index (χ1) is 7.31. The molecule has 0 bridgehead atoms. The Morgan fingerprint density at radius 2 is 1.25 bits per heavy atom. The van der Waals surface area contributed by atoms with Crippen LogP contribution in [0.1, 0.15) is 12.8 Å². The minimum Gasteiger partial charge on any atom is -0.481 e. The molecule has 0 atom stereocenters. The fourth-order valence-corrected chi connectivity index (χ4v) is 0.809. The van der Waals surface area contributed by atoms with Crippen LogP contribution in [0, 0.1) is 0 Å². The third-order valence-electron chi connectivity index (χ3n) is 1.58. The SMILES string of the molecule is NCC(N)(CC(=O)O)CC(=O)O.NCCN. The molecule has 0 aromatic heterocycles. The molecule has 0 fully saturated rings. The van der Waals surface area contributed by atoms with Crippen LogP contribution in [0.2, 0.25) is 0 Å². The van der Waals surface area contributed by atoms with E-state index in [0.29, 0.717) is 13.1 Å². The second-order valence-electron chi connectivity index (χ2n) is 3.28. The van der Waals surface area contributed by atoms with E-state index in [4.69, 9.17) is 33.1 Å². The number of hydrogen-bond donors (Lipinski definition) is 6. The number of carboxylic acid groups (broad SMARTS) is 2. The van der Waals surface area contributed by atoms with Gasteiger partial charge in [-0.1, -0.05) is 0 Å². The van der Waals surface area contributed by atoms with Crippen molar-refractivity contribution in [2.24, 2.45) is 22.9 Å². The lowest BCUT2D eigenvalue weighted by Gasteiger charge is -2.23. The highest BCUT2D eigenvalue weighted by Gasteiger charge is 2.29. The molecule has 96 valence electrons. The minimum atomic E-state index is -1.34. The number of hydrogen-bond acceptors (Lipinski definition) is 6. The molecule has 8 heteroatoms. The van der Waals surface area contributed by atoms with Gasteiger partial charge in [-0.05, 0) is 0 Å². The van der Waals surface area contributed by atoms with Crippen LogP contribution in [0.5, 0.6) is 0 Å². The summed E-state index contributed by atoms with van der Waals surface area (Å²) in [5.41, 5.74) is 19.0. The smallest absolute Gasteiger partial charge is 0.305 e. The van der Waals surface area contributed by atoms with Crippen molar-refractivity contribution in [3.05, 3.63) is 0 Å². The summed E-state index contributed by atoms with van der Waals surface area (Å²) >= 11 is 0. The molecule has 0 aliphatic carbocycles. The molecule has 0 heterocycles. The summed E-state index contributed by atoms with van der Waals surface area (Å²) in [6, 6.07) is 0. The lowest BCUT2D eigenvalue weighted by atomic mass is 9.93. The fraction of sp³-hybridized carbons (Fsp3) is 0.750. The van der Waals surface area contributed by atoms with Gasteiger partial charge in [-0.25, -0.2) is 0 Å². The van der Waals surface area contributed by atoms with Crippen LogP contribution in [0.3, 0.4) is 0 Å². The zero-order chi connectivity index (χ0) is 13.2. The van der Waals surface area contributed by atoms with E-state index in [1.807, 2.05) is 0 Å². The summed E-state index contributed by atoms with van der Waals surface area (Å²) < 4.78 is 0. The lowest BCUT2D eigenvalue weighted by Crippen LogP contribution is -2.50. The van der Waals surface area contributed by atoms with Crippen LogP contribution in [0.15, 0.2) is 0 Å². The average Bonchev–Trinajstić information content (AvgIpc) is 2.15. The Bertz CT molecular complexity index is 204. The zero-order valence-electron chi connectivity index (χ0n) is 9.06. The van der Waals surface area contributed by atoms with Crippen LogP contribution >= 0.6 is 0 Å². The quantitative estimate of drug-likeness (QED) is 0.292. The van der Waals surface area contributed by atoms with E-state index < -0.39 is 30.3 Å². The van der Waals surface area contributed by atoms with Crippen LogP contribution in [-0.4, -0.2) is 47.3 Å². The van der Waals surface area contributed by atoms with Gasteiger partial charge < -0.3 is 33.1 Å². The molecule has 0 radical (unpaired) electrons. The molecule has 0 aromatic rings. The summed E-state index contributed by atoms with van der Waals surface area (Å²) in [6.45, 7) is 1.03. The summed E-state index contributed by atoms with van der Waals surface area (Å²) in [5.74, 6) is -2.30. The van der Waals surface area contributed by atoms with Gasteiger partial charge in [-0.3, -0.25) is 9.59 Å². The first-order valence-electron chi connectivity index (χ1n) is 4.64. The van der Waals surface area contributed by atoms with Gasteiger partial charge in [0.05, 0.1) is 12.8 Å². The van der Waals surface area contributed by atoms with Crippen molar-refractivity contribution in [3.63, 3.8) is 0 Å². The van der Waals surface area contributed by atoms with Crippen LogP contribution in [0.4, 0.5) is 0 Å². The Hall–Kier alpha value is -1.22. The molecule has 0 aromatic carbocycles. The molecular weight excluding hydrogens is 216 g/mol. The van der Waals surface area contributed by atoms with Crippen molar-refractivity contribution in [2.45, 2.75) is 18.4 Å². The Balaban J connectivity index is 0. The zero-order valence-corrected chi connectivity index (χ0v) is 9.06. The Morgan fingerprint density at radius 3 is 1.38 bits per heavy atom. The molecule has 0 aliphatic rings. The molecule has 0 unspecified atom stereocenters. The fourth-order valence-electron chi connectivity index (χ4n) is 0.809. The number of rotatable bonds is 6. The predicted octanol–water partition coefficient (Wildman–Crippen LogP) is -2.50. The second-order valence-corrected chi connectivity index (χ2v) is 3.28. The van der Waals surface area contributed by atoms with Crippen molar-refractivity contribution in [1.29, 1.82) is 0 Å². The van der Waals surface area contributed by atoms with Crippen molar-refractivity contribution < 1.29 is 19.8 Å². The minimum absolute atomic E-state index is 0.161. The van der Waals surface area contributed by atoms with Crippen LogP contribution < -0.4 is 22.9 Å². The van der Waals surface area contributed by atoms with Gasteiger partial charge in [0.15, 0.2) is 0 Å². The van der Waals surface area contributed by atoms with Crippen molar-refractivity contribution >= 4 is 11.9 Å². The first kappa shape index (κ1) is 17.2. The number of aliphatic carboxylic acids is 2. The summed E-state index contributed by atoms with van der Waals surface area (Å²) in [7, 11) is 0. The predicted molar refractivity (Wildman–Crippen MR) is 58.6 cm³/mol. The highest BCUT2D eigenvalue weighted by molar-refractivity contribution is 5.73. The highest BCUT2D eigenvalue weighted by atomic mass is 16.4. The molecule has 16 heavy (non-hydrogen) atoms. The highest BCUT2D eigenvalue weighted by Crippen LogP contribution is 2.09. The Kier molecular flexibility index (Phi) is 9.71. The standard InChI is InChI=1S/C6H12N2O4.C2H8N2/c7-3-6(8,1-4(9)10)2-5(11)12;3-1-2-4/h1-3,7-8H2,(H,9,10)(H,11,12);1-4H2. The van der Waals surface area contributed by atoms with Crippen LogP contribution in [0.25, 0.3) is 0 Å². The van der Waals surface area contributed by atoms with E-state index in [9.17, 15) is 9.59 Å². The van der Waals surface area contributed by atoms with Gasteiger partial charge in [0.25, 0.3) is 0 Å². The molecule has 0 rings (SSSR count). The van der Waals surface area contributed by atoms with Crippen molar-refractivity contribution in [3.8, 4) is 0 Å². The van der Waals surface area contributed by atoms with Gasteiger partial charge in [-0.15, -0.1) is 0 Å². The molecule has 0 amide bonds. The summed E-state index contributed by atoms with van der Waals surface area (Å²) in [5, 5.41) is 16.7. The van der Waals surface area contributed by atoms with Gasteiger partial charge >= 0.3 is 11.9 Å². The summed E-state index contributed by atoms with van der Waals surface area (Å²) in [4.78, 5) is 20.5. The largest absolute Gasteiger partial charge is 0.481 e. The molecule has 0 saturated carbocycles. The Morgan fingerprint density at radius 1 is 0.938 bits per heavy atom. The molecule has 0 aliphatic heterocycles. The number of carbonyl (C=O) groups is 2. The second kappa shape index (κ2) is 9.04. The molecule has 10 N–H and O–H groups in total. The van der Waals surface area contributed by atoms with Gasteiger partial charge in [0.1, 0.15) is 0 Å². The normalized spacial score (nSPS) is 10.2. The third kappa shape index (κ3) is 10.9. The lowest BCUT2D eigenvalue weighted by molar-refractivity contribution is -0.140. The van der Waals surface area contributed by atoms with Gasteiger partial charge in [-0.2, -0.15) is 0 Å². The topological polar surface area (TPSA) is 179 Å². The van der Waals surface area contributed by atoms with E-state index >= 15 is 0 Å². The number of carboxylic acids is 2. The third-order valence-corrected chi connectivity index (χ3v) is 1.58. The van der Waals surface area contributed by atoms with Crippen molar-refractivity contribution in [2.75, 3.05) is 19.6 Å². The van der Waals surface area contributed by atoms with E-state index in [-0.39, 0.29) is 6.54 Å². The van der Waals surface area contributed by atoms with Crippen molar-refractivity contribution in [1.82, 2.24) is 0 Å². The monoisotopic (exact) mass is 236 g/mol. The van der Waals surface area contributed by atoms with E-state index in [0.717, 1.165) is 0 Å². The molecule has 8 nitrogen and oxygen atoms in total. The molecule has 0 spiro atoms.